The van der Waals surface area contributed by atoms with E-state index in [2.05, 4.69) is 43.4 Å². The van der Waals surface area contributed by atoms with Crippen LogP contribution < -0.4 is 14.4 Å². The molecular weight excluding hydrogens is 682 g/mol. The van der Waals surface area contributed by atoms with E-state index in [9.17, 15) is 13.8 Å². The van der Waals surface area contributed by atoms with Gasteiger partial charge in [-0.2, -0.15) is 5.10 Å². The fourth-order valence-corrected chi connectivity index (χ4v) is 11.1. The van der Waals surface area contributed by atoms with E-state index in [0.717, 1.165) is 42.3 Å². The van der Waals surface area contributed by atoms with Crippen molar-refractivity contribution in [1.82, 2.24) is 14.5 Å². The first-order valence-corrected chi connectivity index (χ1v) is 19.8. The number of aryl methyl sites for hydroxylation is 2. The number of rotatable bonds is 3. The predicted molar refractivity (Wildman–Crippen MR) is 194 cm³/mol. The van der Waals surface area contributed by atoms with E-state index < -0.39 is 21.7 Å². The third-order valence-corrected chi connectivity index (χ3v) is 13.9. The summed E-state index contributed by atoms with van der Waals surface area (Å²) in [6.07, 6.45) is 10.7. The van der Waals surface area contributed by atoms with Gasteiger partial charge in [-0.25, -0.2) is 4.21 Å². The normalized spacial score (nSPS) is 30.5. The first-order chi connectivity index (χ1) is 23.5. The molecular formula is C36H42ClN5O5S2. The Morgan fingerprint density at radius 2 is 2.08 bits per heavy atom. The number of amides is 2. The summed E-state index contributed by atoms with van der Waals surface area (Å²) in [5.74, 6) is 0.963. The summed E-state index contributed by atoms with van der Waals surface area (Å²) in [5, 5.41) is 4.79. The van der Waals surface area contributed by atoms with Crippen LogP contribution in [-0.4, -0.2) is 70.2 Å². The van der Waals surface area contributed by atoms with Crippen LogP contribution in [0.5, 0.6) is 5.75 Å². The average molecular weight is 724 g/mol. The Labute approximate surface area is 297 Å². The molecule has 2 aromatic carbocycles. The van der Waals surface area contributed by atoms with Crippen LogP contribution in [0.1, 0.15) is 58.0 Å². The van der Waals surface area contributed by atoms with Gasteiger partial charge in [-0.15, -0.1) is 16.1 Å². The number of carbonyl (C=O) groups is 2. The Hall–Kier alpha value is -3.32. The second-order valence-electron chi connectivity index (χ2n) is 13.8. The highest BCUT2D eigenvalue weighted by molar-refractivity contribution is 8.00. The van der Waals surface area contributed by atoms with Crippen molar-refractivity contribution in [2.45, 2.75) is 43.5 Å². The van der Waals surface area contributed by atoms with Crippen molar-refractivity contribution in [3.05, 3.63) is 88.2 Å². The van der Waals surface area contributed by atoms with E-state index in [4.69, 9.17) is 21.1 Å². The highest BCUT2D eigenvalue weighted by Gasteiger charge is 2.45. The Morgan fingerprint density at radius 3 is 2.84 bits per heavy atom. The number of methoxy groups -OCH3 is 1. The molecule has 1 spiro atoms. The zero-order valence-corrected chi connectivity index (χ0v) is 30.4. The van der Waals surface area contributed by atoms with Crippen molar-refractivity contribution in [2.24, 2.45) is 29.2 Å². The lowest BCUT2D eigenvalue weighted by molar-refractivity contribution is 0.0134. The fourth-order valence-electron chi connectivity index (χ4n) is 7.58. The van der Waals surface area contributed by atoms with Gasteiger partial charge in [0.15, 0.2) is 0 Å². The number of halogens is 1. The zero-order chi connectivity index (χ0) is 34.3. The highest BCUT2D eigenvalue weighted by Crippen LogP contribution is 2.49. The first-order valence-electron chi connectivity index (χ1n) is 16.8. The maximum atomic E-state index is 14.4. The number of fused-ring (bicyclic) bond motifs is 4. The summed E-state index contributed by atoms with van der Waals surface area (Å²) < 4.78 is 35.0. The molecule has 1 saturated carbocycles. The van der Waals surface area contributed by atoms with E-state index in [1.807, 2.05) is 36.9 Å². The summed E-state index contributed by atoms with van der Waals surface area (Å²) in [6.45, 7) is 3.86. The molecule has 1 N–H and O–H groups in total. The Morgan fingerprint density at radius 1 is 1.22 bits per heavy atom. The molecule has 2 bridgehead atoms. The van der Waals surface area contributed by atoms with E-state index >= 15 is 0 Å². The van der Waals surface area contributed by atoms with Crippen molar-refractivity contribution in [3.8, 4) is 5.75 Å². The lowest BCUT2D eigenvalue weighted by atomic mass is 9.70. The largest absolute Gasteiger partial charge is 0.490 e. The number of carbonyl (C=O) groups excluding carboxylic acids is 2. The molecule has 49 heavy (non-hydrogen) atoms. The van der Waals surface area contributed by atoms with Crippen molar-refractivity contribution < 1.29 is 23.3 Å². The van der Waals surface area contributed by atoms with Crippen molar-refractivity contribution in [3.63, 3.8) is 0 Å². The lowest BCUT2D eigenvalue weighted by Gasteiger charge is -2.45. The van der Waals surface area contributed by atoms with Crippen LogP contribution in [0.3, 0.4) is 0 Å². The molecule has 10 nitrogen and oxygen atoms in total. The SMILES string of the molecule is CO[C@H]1/C=C\C[C@H](C)CS(=O)(NC(=O)c2cnn(C)c2)=NC(=O)c2ccc3c(c2)N(C[C@@H]2CC[C@H]21)C[C@]1(CO3)SCCc2cc(Cl)ccc21. The van der Waals surface area contributed by atoms with Gasteiger partial charge in [-0.3, -0.25) is 19.0 Å². The molecule has 0 saturated heterocycles. The molecule has 3 aromatic rings. The monoisotopic (exact) mass is 723 g/mol. The topological polar surface area (TPSA) is 115 Å². The summed E-state index contributed by atoms with van der Waals surface area (Å²) in [6, 6.07) is 11.5. The second-order valence-corrected chi connectivity index (χ2v) is 17.7. The Bertz CT molecular complexity index is 1920. The molecule has 4 aliphatic rings. The number of thioether (sulfide) groups is 1. The standard InChI is InChI=1S/C36H42ClN5O5S2/c1-23-5-4-6-32(46-3)29-10-7-26(29)19-42-21-36(30-11-9-28(37)15-24(30)13-14-48-36)22-47-33-12-8-25(16-31(33)42)34(43)39-49(45,20-23)40-35(44)27-17-38-41(2)18-27/h4,6,8-9,11-12,15-18,23,26,29,32H,5,7,10,13-14,19-22H2,1-3H3,(H,39,40,43,44,45)/b6-4-/t23-,26-,29+,32-,36+,49?/m0/s1. The molecule has 2 amide bonds. The number of nitrogens with one attached hydrogen (secondary N) is 1. The molecule has 1 unspecified atom stereocenters. The van der Waals surface area contributed by atoms with Crippen LogP contribution >= 0.6 is 23.4 Å². The molecule has 3 aliphatic heterocycles. The molecule has 260 valence electrons. The van der Waals surface area contributed by atoms with Gasteiger partial charge in [0.1, 0.15) is 22.3 Å². The number of anilines is 1. The second kappa shape index (κ2) is 13.8. The van der Waals surface area contributed by atoms with Gasteiger partial charge in [0.25, 0.3) is 11.8 Å². The Kier molecular flexibility index (Phi) is 9.60. The number of ether oxygens (including phenoxy) is 2. The van der Waals surface area contributed by atoms with Crippen LogP contribution in [0, 0.1) is 17.8 Å². The van der Waals surface area contributed by atoms with Gasteiger partial charge in [-0.1, -0.05) is 36.7 Å². The van der Waals surface area contributed by atoms with Gasteiger partial charge in [0.05, 0.1) is 34.1 Å². The maximum absolute atomic E-state index is 14.4. The summed E-state index contributed by atoms with van der Waals surface area (Å²) >= 11 is 8.35. The number of nitrogens with zero attached hydrogens (tertiary/aromatic N) is 4. The minimum Gasteiger partial charge on any atom is -0.490 e. The van der Waals surface area contributed by atoms with Gasteiger partial charge >= 0.3 is 0 Å². The van der Waals surface area contributed by atoms with Crippen LogP contribution in [0.15, 0.2) is 65.3 Å². The summed E-state index contributed by atoms with van der Waals surface area (Å²) in [7, 11) is -0.0647. The van der Waals surface area contributed by atoms with Crippen molar-refractivity contribution in [1.29, 1.82) is 0 Å². The Balaban J connectivity index is 1.31. The highest BCUT2D eigenvalue weighted by atomic mass is 35.5. The number of hydrogen-bond acceptors (Lipinski definition) is 8. The van der Waals surface area contributed by atoms with Gasteiger partial charge in [-0.05, 0) is 90.6 Å². The van der Waals surface area contributed by atoms with Crippen molar-refractivity contribution in [2.75, 3.05) is 43.2 Å². The van der Waals surface area contributed by atoms with E-state index in [1.165, 1.54) is 28.2 Å². The predicted octanol–water partition coefficient (Wildman–Crippen LogP) is 6.05. The summed E-state index contributed by atoms with van der Waals surface area (Å²) in [5.41, 5.74) is 3.81. The van der Waals surface area contributed by atoms with Crippen LogP contribution in [0.2, 0.25) is 5.02 Å². The molecule has 4 heterocycles. The molecule has 13 heteroatoms. The molecule has 7 rings (SSSR count). The third-order valence-electron chi connectivity index (χ3n) is 10.2. The molecule has 0 radical (unpaired) electrons. The van der Waals surface area contributed by atoms with Gasteiger partial charge in [0.2, 0.25) is 0 Å². The first kappa shape index (κ1) is 34.1. The summed E-state index contributed by atoms with van der Waals surface area (Å²) in [4.78, 5) is 29.5. The molecule has 1 aliphatic carbocycles. The lowest BCUT2D eigenvalue weighted by Crippen LogP contribution is -2.48. The molecule has 6 atom stereocenters. The van der Waals surface area contributed by atoms with Gasteiger partial charge < -0.3 is 14.4 Å². The fraction of sp³-hybridized carbons (Fsp3) is 0.472. The number of hydrogen-bond donors (Lipinski definition) is 1. The quantitative estimate of drug-likeness (QED) is 0.325. The van der Waals surface area contributed by atoms with Crippen LogP contribution in [-0.2, 0) is 32.9 Å². The number of allylic oxidation sites excluding steroid dienone is 1. The molecule has 1 aromatic heterocycles. The van der Waals surface area contributed by atoms with Crippen LogP contribution in [0.4, 0.5) is 5.69 Å². The smallest absolute Gasteiger partial charge is 0.286 e. The minimum atomic E-state index is -3.52. The van der Waals surface area contributed by atoms with Crippen molar-refractivity contribution >= 4 is 50.8 Å². The zero-order valence-electron chi connectivity index (χ0n) is 28.0. The maximum Gasteiger partial charge on any atom is 0.286 e. The van der Waals surface area contributed by atoms with E-state index in [0.29, 0.717) is 37.2 Å². The van der Waals surface area contributed by atoms with Gasteiger partial charge in [0, 0.05) is 44.0 Å². The average Bonchev–Trinajstić information content (AvgIpc) is 3.43. The number of benzene rings is 2. The number of aromatic nitrogens is 2. The van der Waals surface area contributed by atoms with Crippen LogP contribution in [0.25, 0.3) is 0 Å². The van der Waals surface area contributed by atoms with E-state index in [-0.39, 0.29) is 33.6 Å². The minimum absolute atomic E-state index is 0.00211. The third kappa shape index (κ3) is 7.02. The molecule has 1 fully saturated rings. The van der Waals surface area contributed by atoms with E-state index in [1.54, 1.807) is 20.2 Å².